The highest BCUT2D eigenvalue weighted by Crippen LogP contribution is 2.28. The predicted molar refractivity (Wildman–Crippen MR) is 110 cm³/mol. The quantitative estimate of drug-likeness (QED) is 0.619. The summed E-state index contributed by atoms with van der Waals surface area (Å²) in [6.45, 7) is 3.96. The Bertz CT molecular complexity index is 920. The molecule has 1 saturated heterocycles. The number of rotatable bonds is 5. The van der Waals surface area contributed by atoms with E-state index in [1.807, 2.05) is 51.9 Å². The fourth-order valence-corrected chi connectivity index (χ4v) is 4.19. The van der Waals surface area contributed by atoms with Crippen LogP contribution in [0.3, 0.4) is 0 Å². The van der Waals surface area contributed by atoms with Crippen molar-refractivity contribution in [2.75, 3.05) is 18.8 Å². The Labute approximate surface area is 169 Å². The summed E-state index contributed by atoms with van der Waals surface area (Å²) in [7, 11) is 0. The van der Waals surface area contributed by atoms with Gasteiger partial charge in [-0.3, -0.25) is 14.3 Å². The van der Waals surface area contributed by atoms with Crippen molar-refractivity contribution in [3.8, 4) is 17.1 Å². The van der Waals surface area contributed by atoms with Crippen molar-refractivity contribution in [3.05, 3.63) is 54.9 Å². The number of piperidine rings is 1. The van der Waals surface area contributed by atoms with Crippen molar-refractivity contribution in [3.63, 3.8) is 0 Å². The molecule has 6 nitrogen and oxygen atoms in total. The Morgan fingerprint density at radius 1 is 1.07 bits per heavy atom. The molecule has 28 heavy (non-hydrogen) atoms. The van der Waals surface area contributed by atoms with Gasteiger partial charge in [0.25, 0.3) is 0 Å². The minimum absolute atomic E-state index is 0.171. The molecule has 144 valence electrons. The van der Waals surface area contributed by atoms with Crippen LogP contribution in [0.5, 0.6) is 0 Å². The van der Waals surface area contributed by atoms with Crippen molar-refractivity contribution < 1.29 is 4.79 Å². The molecule has 0 N–H and O–H groups in total. The van der Waals surface area contributed by atoms with E-state index in [1.54, 1.807) is 12.4 Å². The number of hydrogen-bond donors (Lipinski definition) is 0. The fourth-order valence-electron chi connectivity index (χ4n) is 3.34. The van der Waals surface area contributed by atoms with Crippen LogP contribution in [0.4, 0.5) is 0 Å². The van der Waals surface area contributed by atoms with E-state index in [1.165, 1.54) is 11.8 Å². The Kier molecular flexibility index (Phi) is 5.71. The molecule has 0 radical (unpaired) electrons. The van der Waals surface area contributed by atoms with Gasteiger partial charge in [-0.2, -0.15) is 0 Å². The van der Waals surface area contributed by atoms with Crippen LogP contribution in [0.25, 0.3) is 17.1 Å². The van der Waals surface area contributed by atoms with Gasteiger partial charge in [0.05, 0.1) is 5.75 Å². The number of nitrogens with zero attached hydrogens (tertiary/aromatic N) is 5. The first-order valence-corrected chi connectivity index (χ1v) is 10.5. The number of pyridine rings is 1. The Morgan fingerprint density at radius 3 is 2.50 bits per heavy atom. The minimum Gasteiger partial charge on any atom is -0.342 e. The standard InChI is InChI=1S/C21H23N5OS/c1-16-9-13-25(14-10-16)19(27)15-28-21-24-23-20(17-7-11-22-12-8-17)26(21)18-5-3-2-4-6-18/h2-8,11-12,16H,9-10,13-15H2,1H3. The molecule has 1 aromatic carbocycles. The summed E-state index contributed by atoms with van der Waals surface area (Å²) in [5.74, 6) is 2.00. The molecule has 0 bridgehead atoms. The highest BCUT2D eigenvalue weighted by atomic mass is 32.2. The van der Waals surface area contributed by atoms with E-state index < -0.39 is 0 Å². The molecule has 1 fully saturated rings. The highest BCUT2D eigenvalue weighted by Gasteiger charge is 2.22. The topological polar surface area (TPSA) is 63.9 Å². The zero-order valence-electron chi connectivity index (χ0n) is 15.9. The maximum atomic E-state index is 12.6. The number of amides is 1. The average molecular weight is 394 g/mol. The van der Waals surface area contributed by atoms with Crippen molar-refractivity contribution in [2.24, 2.45) is 5.92 Å². The molecule has 7 heteroatoms. The number of thioether (sulfide) groups is 1. The lowest BCUT2D eigenvalue weighted by Gasteiger charge is -2.30. The van der Waals surface area contributed by atoms with E-state index in [-0.39, 0.29) is 5.91 Å². The third-order valence-electron chi connectivity index (χ3n) is 5.05. The molecule has 3 aromatic rings. The number of benzene rings is 1. The largest absolute Gasteiger partial charge is 0.342 e. The monoisotopic (exact) mass is 393 g/mol. The highest BCUT2D eigenvalue weighted by molar-refractivity contribution is 7.99. The van der Waals surface area contributed by atoms with E-state index in [0.717, 1.165) is 48.2 Å². The maximum absolute atomic E-state index is 12.6. The third kappa shape index (κ3) is 4.09. The second-order valence-electron chi connectivity index (χ2n) is 7.07. The van der Waals surface area contributed by atoms with E-state index in [0.29, 0.717) is 11.7 Å². The predicted octanol–water partition coefficient (Wildman–Crippen LogP) is 3.68. The molecule has 2 aromatic heterocycles. The van der Waals surface area contributed by atoms with Crippen molar-refractivity contribution >= 4 is 17.7 Å². The van der Waals surface area contributed by atoms with Crippen LogP contribution in [0.15, 0.2) is 60.0 Å². The van der Waals surface area contributed by atoms with Gasteiger partial charge in [0.15, 0.2) is 11.0 Å². The molecule has 0 saturated carbocycles. The second kappa shape index (κ2) is 8.56. The molecular formula is C21H23N5OS. The van der Waals surface area contributed by atoms with E-state index in [2.05, 4.69) is 22.1 Å². The number of carbonyl (C=O) groups excluding carboxylic acids is 1. The summed E-state index contributed by atoms with van der Waals surface area (Å²) in [5, 5.41) is 9.50. The van der Waals surface area contributed by atoms with E-state index in [4.69, 9.17) is 0 Å². The number of carbonyl (C=O) groups is 1. The van der Waals surface area contributed by atoms with Crippen LogP contribution in [0, 0.1) is 5.92 Å². The first-order chi connectivity index (χ1) is 13.7. The number of para-hydroxylation sites is 1. The molecule has 0 spiro atoms. The molecule has 1 aliphatic rings. The van der Waals surface area contributed by atoms with E-state index in [9.17, 15) is 4.79 Å². The van der Waals surface area contributed by atoms with Gasteiger partial charge in [-0.25, -0.2) is 0 Å². The maximum Gasteiger partial charge on any atom is 0.233 e. The molecule has 0 aliphatic carbocycles. The van der Waals surface area contributed by atoms with Gasteiger partial charge in [0, 0.05) is 36.7 Å². The van der Waals surface area contributed by atoms with Crippen molar-refractivity contribution in [2.45, 2.75) is 24.9 Å². The smallest absolute Gasteiger partial charge is 0.233 e. The van der Waals surface area contributed by atoms with Gasteiger partial charge in [0.2, 0.25) is 5.91 Å². The van der Waals surface area contributed by atoms with Crippen LogP contribution in [-0.2, 0) is 4.79 Å². The van der Waals surface area contributed by atoms with Gasteiger partial charge in [-0.05, 0) is 43.0 Å². The molecular weight excluding hydrogens is 370 g/mol. The van der Waals surface area contributed by atoms with Gasteiger partial charge in [0.1, 0.15) is 0 Å². The van der Waals surface area contributed by atoms with Crippen LogP contribution in [-0.4, -0.2) is 49.4 Å². The lowest BCUT2D eigenvalue weighted by Crippen LogP contribution is -2.38. The molecule has 4 rings (SSSR count). The van der Waals surface area contributed by atoms with E-state index >= 15 is 0 Å². The third-order valence-corrected chi connectivity index (χ3v) is 5.96. The molecule has 1 aliphatic heterocycles. The average Bonchev–Trinajstić information content (AvgIpc) is 3.18. The Hall–Kier alpha value is -2.67. The normalized spacial score (nSPS) is 15.0. The van der Waals surface area contributed by atoms with Crippen LogP contribution in [0.2, 0.25) is 0 Å². The fraction of sp³-hybridized carbons (Fsp3) is 0.333. The lowest BCUT2D eigenvalue weighted by molar-refractivity contribution is -0.129. The SMILES string of the molecule is CC1CCN(C(=O)CSc2nnc(-c3ccncc3)n2-c2ccccc2)CC1. The van der Waals surface area contributed by atoms with Crippen molar-refractivity contribution in [1.29, 1.82) is 0 Å². The summed E-state index contributed by atoms with van der Waals surface area (Å²) in [6, 6.07) is 13.8. The summed E-state index contributed by atoms with van der Waals surface area (Å²) in [6.07, 6.45) is 5.66. The first-order valence-electron chi connectivity index (χ1n) is 9.54. The number of aromatic nitrogens is 4. The number of likely N-dealkylation sites (tertiary alicyclic amines) is 1. The van der Waals surface area contributed by atoms with Gasteiger partial charge in [-0.1, -0.05) is 36.9 Å². The van der Waals surface area contributed by atoms with Crippen molar-refractivity contribution in [1.82, 2.24) is 24.6 Å². The minimum atomic E-state index is 0.171. The summed E-state index contributed by atoms with van der Waals surface area (Å²) in [5.41, 5.74) is 1.91. The van der Waals surface area contributed by atoms with Crippen LogP contribution >= 0.6 is 11.8 Å². The molecule has 0 atom stereocenters. The molecule has 1 amide bonds. The summed E-state index contributed by atoms with van der Waals surface area (Å²) in [4.78, 5) is 18.7. The zero-order chi connectivity index (χ0) is 19.3. The second-order valence-corrected chi connectivity index (χ2v) is 8.01. The molecule has 3 heterocycles. The Morgan fingerprint density at radius 2 is 1.79 bits per heavy atom. The zero-order valence-corrected chi connectivity index (χ0v) is 16.7. The first kappa shape index (κ1) is 18.7. The Balaban J connectivity index is 1.57. The van der Waals surface area contributed by atoms with Gasteiger partial charge in [-0.15, -0.1) is 10.2 Å². The summed E-state index contributed by atoms with van der Waals surface area (Å²) >= 11 is 1.44. The van der Waals surface area contributed by atoms with Crippen LogP contribution < -0.4 is 0 Å². The van der Waals surface area contributed by atoms with Crippen LogP contribution in [0.1, 0.15) is 19.8 Å². The summed E-state index contributed by atoms with van der Waals surface area (Å²) < 4.78 is 2.01. The molecule has 0 unspecified atom stereocenters. The van der Waals surface area contributed by atoms with Gasteiger partial charge < -0.3 is 4.90 Å². The lowest BCUT2D eigenvalue weighted by atomic mass is 9.99. The van der Waals surface area contributed by atoms with Gasteiger partial charge >= 0.3 is 0 Å². The number of hydrogen-bond acceptors (Lipinski definition) is 5.